The second-order valence-corrected chi connectivity index (χ2v) is 9.16. The van der Waals surface area contributed by atoms with Gasteiger partial charge < -0.3 is 10.2 Å². The predicted molar refractivity (Wildman–Crippen MR) is 138 cm³/mol. The van der Waals surface area contributed by atoms with Crippen molar-refractivity contribution >= 4 is 34.5 Å². The van der Waals surface area contributed by atoms with Gasteiger partial charge in [-0.2, -0.15) is 0 Å². The molecule has 0 aliphatic carbocycles. The number of halogens is 1. The van der Waals surface area contributed by atoms with Crippen molar-refractivity contribution in [3.8, 4) is 0 Å². The average molecular weight is 488 g/mol. The minimum atomic E-state index is -0.236. The molecule has 1 fully saturated rings. The molecule has 5 rings (SSSR count). The fraction of sp³-hybridized carbons (Fsp3) is 0.259. The molecule has 2 aromatic carbocycles. The van der Waals surface area contributed by atoms with Gasteiger partial charge in [-0.1, -0.05) is 60.1 Å². The van der Waals surface area contributed by atoms with Crippen LogP contribution in [0.25, 0.3) is 11.2 Å². The summed E-state index contributed by atoms with van der Waals surface area (Å²) in [7, 11) is 0. The smallest absolute Gasteiger partial charge is 0.295 e. The molecular formula is C27H26ClN5O2. The minimum absolute atomic E-state index is 0.0401. The van der Waals surface area contributed by atoms with E-state index in [2.05, 4.69) is 15.3 Å². The minimum Gasteiger partial charge on any atom is -0.352 e. The molecule has 1 aliphatic heterocycles. The van der Waals surface area contributed by atoms with E-state index in [9.17, 15) is 9.59 Å². The monoisotopic (exact) mass is 487 g/mol. The zero-order valence-electron chi connectivity index (χ0n) is 19.2. The van der Waals surface area contributed by atoms with Crippen molar-refractivity contribution in [1.82, 2.24) is 19.9 Å². The van der Waals surface area contributed by atoms with Gasteiger partial charge in [0.2, 0.25) is 5.91 Å². The highest BCUT2D eigenvalue weighted by molar-refractivity contribution is 6.31. The zero-order chi connectivity index (χ0) is 24.2. The van der Waals surface area contributed by atoms with Gasteiger partial charge in [-0.05, 0) is 42.2 Å². The second kappa shape index (κ2) is 10.3. The Balaban J connectivity index is 1.39. The van der Waals surface area contributed by atoms with E-state index in [0.717, 1.165) is 24.0 Å². The van der Waals surface area contributed by atoms with Crippen LogP contribution in [0.5, 0.6) is 0 Å². The van der Waals surface area contributed by atoms with Crippen LogP contribution in [0.15, 0.2) is 77.7 Å². The number of pyridine rings is 1. The molecular weight excluding hydrogens is 462 g/mol. The molecule has 1 N–H and O–H groups in total. The number of rotatable bonds is 6. The lowest BCUT2D eigenvalue weighted by molar-refractivity contribution is -0.125. The van der Waals surface area contributed by atoms with Crippen LogP contribution in [0.1, 0.15) is 24.0 Å². The Bertz CT molecular complexity index is 1410. The highest BCUT2D eigenvalue weighted by Crippen LogP contribution is 2.22. The SMILES string of the molecule is O=C(NCc1ccccc1Cl)C1CCCN(c2nc3cccnc3n(Cc3ccccc3)c2=O)C1. The summed E-state index contributed by atoms with van der Waals surface area (Å²) in [5.74, 6) is 0.0892. The van der Waals surface area contributed by atoms with Gasteiger partial charge in [-0.15, -0.1) is 0 Å². The van der Waals surface area contributed by atoms with Crippen LogP contribution in [0.2, 0.25) is 5.02 Å². The van der Waals surface area contributed by atoms with Crippen molar-refractivity contribution in [2.24, 2.45) is 5.92 Å². The summed E-state index contributed by atoms with van der Waals surface area (Å²) in [5, 5.41) is 3.64. The van der Waals surface area contributed by atoms with E-state index in [1.807, 2.05) is 71.6 Å². The maximum Gasteiger partial charge on any atom is 0.295 e. The van der Waals surface area contributed by atoms with Gasteiger partial charge >= 0.3 is 0 Å². The van der Waals surface area contributed by atoms with Crippen molar-refractivity contribution < 1.29 is 4.79 Å². The summed E-state index contributed by atoms with van der Waals surface area (Å²) in [5.41, 5.74) is 2.90. The van der Waals surface area contributed by atoms with Crippen LogP contribution in [-0.4, -0.2) is 33.5 Å². The molecule has 1 saturated heterocycles. The summed E-state index contributed by atoms with van der Waals surface area (Å²) in [6.07, 6.45) is 3.23. The van der Waals surface area contributed by atoms with E-state index in [1.54, 1.807) is 10.8 Å². The first-order chi connectivity index (χ1) is 17.1. The van der Waals surface area contributed by atoms with Crippen LogP contribution in [0, 0.1) is 5.92 Å². The molecule has 8 heteroatoms. The van der Waals surface area contributed by atoms with E-state index in [-0.39, 0.29) is 17.4 Å². The van der Waals surface area contributed by atoms with E-state index in [1.165, 1.54) is 0 Å². The molecule has 1 amide bonds. The molecule has 0 spiro atoms. The molecule has 0 radical (unpaired) electrons. The Kier molecular flexibility index (Phi) is 6.77. The van der Waals surface area contributed by atoms with Gasteiger partial charge in [-0.3, -0.25) is 14.2 Å². The standard InChI is InChI=1S/C27H26ClN5O2/c28-22-12-5-4-10-20(22)16-30-26(34)21-11-7-15-32(18-21)25-27(35)33(17-19-8-2-1-3-9-19)24-23(31-25)13-6-14-29-24/h1-6,8-10,12-14,21H,7,11,15-18H2,(H,30,34). The molecule has 0 bridgehead atoms. The summed E-state index contributed by atoms with van der Waals surface area (Å²) < 4.78 is 1.67. The number of fused-ring (bicyclic) bond motifs is 1. The Morgan fingerprint density at radius 3 is 2.69 bits per heavy atom. The van der Waals surface area contributed by atoms with Gasteiger partial charge in [0.1, 0.15) is 5.52 Å². The summed E-state index contributed by atoms with van der Waals surface area (Å²) in [4.78, 5) is 37.6. The van der Waals surface area contributed by atoms with E-state index in [4.69, 9.17) is 11.6 Å². The van der Waals surface area contributed by atoms with Gasteiger partial charge in [-0.25, -0.2) is 9.97 Å². The van der Waals surface area contributed by atoms with Crippen LogP contribution >= 0.6 is 11.6 Å². The number of carbonyl (C=O) groups is 1. The number of hydrogen-bond donors (Lipinski definition) is 1. The lowest BCUT2D eigenvalue weighted by Crippen LogP contribution is -2.45. The quantitative estimate of drug-likeness (QED) is 0.444. The lowest BCUT2D eigenvalue weighted by atomic mass is 9.97. The third-order valence-corrected chi connectivity index (χ3v) is 6.74. The number of aromatic nitrogens is 3. The summed E-state index contributed by atoms with van der Waals surface area (Å²) in [6, 6.07) is 21.0. The number of nitrogens with zero attached hydrogens (tertiary/aromatic N) is 4. The van der Waals surface area contributed by atoms with E-state index in [0.29, 0.717) is 48.2 Å². The van der Waals surface area contributed by atoms with Crippen molar-refractivity contribution in [3.63, 3.8) is 0 Å². The predicted octanol–water partition coefficient (Wildman–Crippen LogP) is 4.03. The first kappa shape index (κ1) is 23.1. The molecule has 0 saturated carbocycles. The zero-order valence-corrected chi connectivity index (χ0v) is 20.0. The molecule has 1 unspecified atom stereocenters. The third kappa shape index (κ3) is 5.05. The van der Waals surface area contributed by atoms with E-state index >= 15 is 0 Å². The topological polar surface area (TPSA) is 80.1 Å². The van der Waals surface area contributed by atoms with Crippen molar-refractivity contribution in [1.29, 1.82) is 0 Å². The highest BCUT2D eigenvalue weighted by atomic mass is 35.5. The Hall–Kier alpha value is -3.71. The maximum absolute atomic E-state index is 13.6. The largest absolute Gasteiger partial charge is 0.352 e. The van der Waals surface area contributed by atoms with Crippen LogP contribution in [0.3, 0.4) is 0 Å². The highest BCUT2D eigenvalue weighted by Gasteiger charge is 2.28. The number of amides is 1. The van der Waals surface area contributed by atoms with Gasteiger partial charge in [0.15, 0.2) is 11.5 Å². The number of piperidine rings is 1. The van der Waals surface area contributed by atoms with Crippen LogP contribution < -0.4 is 15.8 Å². The number of anilines is 1. The molecule has 3 heterocycles. The lowest BCUT2D eigenvalue weighted by Gasteiger charge is -2.32. The molecule has 1 atom stereocenters. The first-order valence-electron chi connectivity index (χ1n) is 11.8. The fourth-order valence-corrected chi connectivity index (χ4v) is 4.74. The number of hydrogen-bond acceptors (Lipinski definition) is 5. The molecule has 35 heavy (non-hydrogen) atoms. The molecule has 178 valence electrons. The van der Waals surface area contributed by atoms with E-state index < -0.39 is 0 Å². The molecule has 7 nitrogen and oxygen atoms in total. The van der Waals surface area contributed by atoms with Crippen LogP contribution in [0.4, 0.5) is 5.82 Å². The fourth-order valence-electron chi connectivity index (χ4n) is 4.53. The Morgan fingerprint density at radius 2 is 1.86 bits per heavy atom. The number of carbonyl (C=O) groups excluding carboxylic acids is 1. The third-order valence-electron chi connectivity index (χ3n) is 6.37. The second-order valence-electron chi connectivity index (χ2n) is 8.75. The van der Waals surface area contributed by atoms with Gasteiger partial charge in [0, 0.05) is 30.9 Å². The number of benzene rings is 2. The van der Waals surface area contributed by atoms with Gasteiger partial charge in [0.25, 0.3) is 5.56 Å². The van der Waals surface area contributed by atoms with Crippen molar-refractivity contribution in [2.75, 3.05) is 18.0 Å². The summed E-state index contributed by atoms with van der Waals surface area (Å²) in [6.45, 7) is 1.89. The molecule has 4 aromatic rings. The van der Waals surface area contributed by atoms with Crippen LogP contribution in [-0.2, 0) is 17.9 Å². The summed E-state index contributed by atoms with van der Waals surface area (Å²) >= 11 is 6.22. The van der Waals surface area contributed by atoms with Gasteiger partial charge in [0.05, 0.1) is 12.5 Å². The first-order valence-corrected chi connectivity index (χ1v) is 12.1. The average Bonchev–Trinajstić information content (AvgIpc) is 2.90. The molecule has 1 aliphatic rings. The Labute approximate surface area is 208 Å². The van der Waals surface area contributed by atoms with Crippen molar-refractivity contribution in [3.05, 3.63) is 99.4 Å². The normalized spacial score (nSPS) is 15.8. The number of nitrogens with one attached hydrogen (secondary N) is 1. The maximum atomic E-state index is 13.6. The Morgan fingerprint density at radius 1 is 1.06 bits per heavy atom. The molecule has 2 aromatic heterocycles. The van der Waals surface area contributed by atoms with Crippen molar-refractivity contribution in [2.45, 2.75) is 25.9 Å².